The van der Waals surface area contributed by atoms with Crippen molar-refractivity contribution in [3.05, 3.63) is 254 Å². The zero-order valence-corrected chi connectivity index (χ0v) is 38.5. The van der Waals surface area contributed by atoms with Gasteiger partial charge in [0.25, 0.3) is 0 Å². The molecule has 0 saturated heterocycles. The van der Waals surface area contributed by atoms with Crippen molar-refractivity contribution in [1.82, 2.24) is 4.57 Å². The van der Waals surface area contributed by atoms with Gasteiger partial charge in [0.1, 0.15) is 0 Å². The summed E-state index contributed by atoms with van der Waals surface area (Å²) in [6.07, 6.45) is 0. The SMILES string of the molecule is CC1(C)c2ccccc2-c2ccc(N(c3ccc(-c4ccc5ccccc5c4)cc3)c3c(-n4c5ccccc5c5cc(-c6ccccc6)ccc54)ccc4c5ccccc5c5ccccc5c34)cc21. The maximum atomic E-state index is 2.57. The summed E-state index contributed by atoms with van der Waals surface area (Å²) in [5, 5.41) is 12.3. The Morgan fingerprint density at radius 3 is 1.68 bits per heavy atom. The van der Waals surface area contributed by atoms with E-state index < -0.39 is 0 Å². The summed E-state index contributed by atoms with van der Waals surface area (Å²) in [4.78, 5) is 2.57. The monoisotopic (exact) mass is 878 g/mol. The summed E-state index contributed by atoms with van der Waals surface area (Å²) in [6, 6.07) is 90.3. The smallest absolute Gasteiger partial charge is 0.0787 e. The molecule has 0 atom stereocenters. The molecule has 324 valence electrons. The maximum absolute atomic E-state index is 2.57. The Balaban J connectivity index is 1.11. The number of aromatic nitrogens is 1. The lowest BCUT2D eigenvalue weighted by molar-refractivity contribution is 0.660. The van der Waals surface area contributed by atoms with Crippen LogP contribution in [0.2, 0.25) is 0 Å². The summed E-state index contributed by atoms with van der Waals surface area (Å²) < 4.78 is 2.53. The number of nitrogens with zero attached hydrogens (tertiary/aromatic N) is 2. The summed E-state index contributed by atoms with van der Waals surface area (Å²) in [5.74, 6) is 0. The zero-order chi connectivity index (χ0) is 45.8. The van der Waals surface area contributed by atoms with Crippen LogP contribution in [0.5, 0.6) is 0 Å². The van der Waals surface area contributed by atoms with Crippen molar-refractivity contribution in [2.24, 2.45) is 0 Å². The van der Waals surface area contributed by atoms with Gasteiger partial charge in [0.05, 0.1) is 22.4 Å². The highest BCUT2D eigenvalue weighted by Gasteiger charge is 2.36. The number of benzene rings is 12. The fourth-order valence-electron chi connectivity index (χ4n) is 11.8. The minimum atomic E-state index is -0.193. The van der Waals surface area contributed by atoms with Crippen LogP contribution in [0.25, 0.3) is 104 Å². The molecule has 1 heterocycles. The fraction of sp³-hybridized carbons (Fsp3) is 0.0448. The summed E-state index contributed by atoms with van der Waals surface area (Å²) in [5.41, 5.74) is 16.7. The van der Waals surface area contributed by atoms with Gasteiger partial charge < -0.3 is 9.47 Å². The molecule has 0 unspecified atom stereocenters. The molecule has 0 radical (unpaired) electrons. The van der Waals surface area contributed by atoms with E-state index in [1.54, 1.807) is 0 Å². The van der Waals surface area contributed by atoms with Gasteiger partial charge in [-0.2, -0.15) is 0 Å². The van der Waals surface area contributed by atoms with Crippen LogP contribution in [0.15, 0.2) is 243 Å². The summed E-state index contributed by atoms with van der Waals surface area (Å²) >= 11 is 0. The Kier molecular flexibility index (Phi) is 8.66. The van der Waals surface area contributed by atoms with Gasteiger partial charge in [-0.1, -0.05) is 202 Å². The molecule has 0 bridgehead atoms. The summed E-state index contributed by atoms with van der Waals surface area (Å²) in [6.45, 7) is 4.77. The van der Waals surface area contributed by atoms with E-state index in [0.717, 1.165) is 22.7 Å². The average Bonchev–Trinajstić information content (AvgIpc) is 3.86. The Morgan fingerprint density at radius 2 is 0.884 bits per heavy atom. The third kappa shape index (κ3) is 5.98. The third-order valence-corrected chi connectivity index (χ3v) is 15.1. The molecule has 69 heavy (non-hydrogen) atoms. The van der Waals surface area contributed by atoms with Crippen molar-refractivity contribution < 1.29 is 0 Å². The molecule has 0 spiro atoms. The van der Waals surface area contributed by atoms with E-state index in [-0.39, 0.29) is 5.41 Å². The van der Waals surface area contributed by atoms with E-state index in [2.05, 4.69) is 266 Å². The van der Waals surface area contributed by atoms with E-state index in [1.165, 1.54) is 109 Å². The first-order chi connectivity index (χ1) is 34.0. The number of anilines is 3. The topological polar surface area (TPSA) is 8.17 Å². The molecule has 0 N–H and O–H groups in total. The third-order valence-electron chi connectivity index (χ3n) is 15.1. The second-order valence-electron chi connectivity index (χ2n) is 19.2. The highest BCUT2D eigenvalue weighted by molar-refractivity contribution is 6.30. The van der Waals surface area contributed by atoms with Crippen LogP contribution in [0, 0.1) is 0 Å². The zero-order valence-electron chi connectivity index (χ0n) is 38.5. The van der Waals surface area contributed by atoms with E-state index in [9.17, 15) is 0 Å². The first kappa shape index (κ1) is 39.4. The first-order valence-corrected chi connectivity index (χ1v) is 24.1. The molecule has 0 fully saturated rings. The molecule has 0 saturated carbocycles. The minimum absolute atomic E-state index is 0.193. The molecular weight excluding hydrogens is 833 g/mol. The molecule has 13 aromatic rings. The van der Waals surface area contributed by atoms with Crippen molar-refractivity contribution in [2.45, 2.75) is 19.3 Å². The van der Waals surface area contributed by atoms with Gasteiger partial charge in [-0.3, -0.25) is 0 Å². The van der Waals surface area contributed by atoms with Crippen LogP contribution in [0.1, 0.15) is 25.0 Å². The van der Waals surface area contributed by atoms with Crippen molar-refractivity contribution in [3.8, 4) is 39.1 Å². The van der Waals surface area contributed by atoms with E-state index >= 15 is 0 Å². The molecule has 12 aromatic carbocycles. The fourth-order valence-corrected chi connectivity index (χ4v) is 11.8. The second-order valence-corrected chi connectivity index (χ2v) is 19.2. The molecule has 2 nitrogen and oxygen atoms in total. The van der Waals surface area contributed by atoms with E-state index in [1.807, 2.05) is 0 Å². The lowest BCUT2D eigenvalue weighted by Gasteiger charge is -2.32. The van der Waals surface area contributed by atoms with Gasteiger partial charge in [-0.05, 0) is 137 Å². The number of fused-ring (bicyclic) bond motifs is 13. The van der Waals surface area contributed by atoms with Gasteiger partial charge in [0.2, 0.25) is 0 Å². The lowest BCUT2D eigenvalue weighted by atomic mass is 9.82. The molecule has 1 aliphatic rings. The van der Waals surface area contributed by atoms with E-state index in [0.29, 0.717) is 0 Å². The largest absolute Gasteiger partial charge is 0.308 e. The number of hydrogen-bond acceptors (Lipinski definition) is 1. The maximum Gasteiger partial charge on any atom is 0.0787 e. The van der Waals surface area contributed by atoms with Gasteiger partial charge in [0, 0.05) is 32.9 Å². The molecule has 0 aliphatic heterocycles. The van der Waals surface area contributed by atoms with Gasteiger partial charge in [-0.15, -0.1) is 0 Å². The van der Waals surface area contributed by atoms with Crippen molar-refractivity contribution in [3.63, 3.8) is 0 Å². The van der Waals surface area contributed by atoms with Crippen LogP contribution in [-0.4, -0.2) is 4.57 Å². The van der Waals surface area contributed by atoms with Crippen molar-refractivity contribution in [1.29, 1.82) is 0 Å². The standard InChI is InChI=1S/C67H46N2/c1-67(2)60-26-14-12-23-54(60)55-36-35-50(42-61(55)67)68(49-33-30-45(31-34-49)47-29-28-44-18-6-7-19-46(44)40-47)66-64(39-37-58-53-22-9-8-20-51(53)52-21-10-11-25-57(52)65(58)66)69-62-27-15-13-24-56(62)59-41-48(32-38-63(59)69)43-16-4-3-5-17-43/h3-42H,1-2H3. The van der Waals surface area contributed by atoms with Gasteiger partial charge in [0.15, 0.2) is 0 Å². The minimum Gasteiger partial charge on any atom is -0.308 e. The Labute approximate surface area is 401 Å². The van der Waals surface area contributed by atoms with Crippen LogP contribution >= 0.6 is 0 Å². The molecular formula is C67H46N2. The Bertz CT molecular complexity index is 4180. The van der Waals surface area contributed by atoms with Crippen LogP contribution < -0.4 is 4.90 Å². The molecule has 1 aliphatic carbocycles. The number of rotatable bonds is 6. The Hall–Kier alpha value is -8.72. The first-order valence-electron chi connectivity index (χ1n) is 24.1. The lowest BCUT2D eigenvalue weighted by Crippen LogP contribution is -2.17. The van der Waals surface area contributed by atoms with Gasteiger partial charge in [-0.25, -0.2) is 0 Å². The highest BCUT2D eigenvalue weighted by atomic mass is 15.2. The normalized spacial score (nSPS) is 12.9. The van der Waals surface area contributed by atoms with Gasteiger partial charge >= 0.3 is 0 Å². The average molecular weight is 879 g/mol. The molecule has 0 amide bonds. The predicted octanol–water partition coefficient (Wildman–Crippen LogP) is 18.5. The van der Waals surface area contributed by atoms with Crippen LogP contribution in [0.3, 0.4) is 0 Å². The number of para-hydroxylation sites is 1. The van der Waals surface area contributed by atoms with Crippen molar-refractivity contribution in [2.75, 3.05) is 4.90 Å². The quantitative estimate of drug-likeness (QED) is 0.151. The Morgan fingerprint density at radius 1 is 0.333 bits per heavy atom. The number of hydrogen-bond donors (Lipinski definition) is 0. The molecule has 2 heteroatoms. The molecule has 1 aromatic heterocycles. The van der Waals surface area contributed by atoms with E-state index in [4.69, 9.17) is 0 Å². The van der Waals surface area contributed by atoms with Crippen molar-refractivity contribution >= 4 is 82.0 Å². The summed E-state index contributed by atoms with van der Waals surface area (Å²) in [7, 11) is 0. The van der Waals surface area contributed by atoms with Crippen LogP contribution in [0.4, 0.5) is 17.1 Å². The highest BCUT2D eigenvalue weighted by Crippen LogP contribution is 2.53. The predicted molar refractivity (Wildman–Crippen MR) is 294 cm³/mol. The second kappa shape index (κ2) is 15.2. The molecule has 14 rings (SSSR count). The van der Waals surface area contributed by atoms with Crippen LogP contribution in [-0.2, 0) is 5.41 Å².